The summed E-state index contributed by atoms with van der Waals surface area (Å²) in [6.45, 7) is 2.06. The molecule has 0 saturated carbocycles. The van der Waals surface area contributed by atoms with Gasteiger partial charge in [-0.2, -0.15) is 4.80 Å². The first-order chi connectivity index (χ1) is 17.2. The van der Waals surface area contributed by atoms with Crippen molar-refractivity contribution >= 4 is 17.5 Å². The maximum Gasteiger partial charge on any atom is 0.331 e. The van der Waals surface area contributed by atoms with E-state index in [0.29, 0.717) is 30.3 Å². The van der Waals surface area contributed by atoms with Crippen molar-refractivity contribution in [1.82, 2.24) is 39.6 Å². The Labute approximate surface area is 210 Å². The number of rotatable bonds is 8. The molecule has 14 heteroatoms. The van der Waals surface area contributed by atoms with Crippen LogP contribution in [0.4, 0.5) is 0 Å². The van der Waals surface area contributed by atoms with Crippen molar-refractivity contribution in [2.75, 3.05) is 33.4 Å². The molecular formula is C22H27ClN8O5. The van der Waals surface area contributed by atoms with E-state index in [0.717, 1.165) is 11.1 Å². The zero-order valence-electron chi connectivity index (χ0n) is 19.9. The molecule has 4 rings (SSSR count). The number of benzene rings is 1. The summed E-state index contributed by atoms with van der Waals surface area (Å²) in [6.07, 6.45) is 0.304. The maximum atomic E-state index is 12.8. The van der Waals surface area contributed by atoms with E-state index in [1.165, 1.54) is 22.6 Å². The molecule has 36 heavy (non-hydrogen) atoms. The van der Waals surface area contributed by atoms with Gasteiger partial charge in [0, 0.05) is 31.4 Å². The van der Waals surface area contributed by atoms with Crippen molar-refractivity contribution in [3.05, 3.63) is 73.3 Å². The van der Waals surface area contributed by atoms with Crippen LogP contribution in [0.2, 0.25) is 5.02 Å². The Morgan fingerprint density at radius 2 is 2.03 bits per heavy atom. The van der Waals surface area contributed by atoms with Crippen LogP contribution in [0.5, 0.6) is 0 Å². The molecule has 1 unspecified atom stereocenters. The van der Waals surface area contributed by atoms with Crippen molar-refractivity contribution < 1.29 is 14.6 Å². The third kappa shape index (κ3) is 5.87. The Balaban J connectivity index is 1.46. The summed E-state index contributed by atoms with van der Waals surface area (Å²) in [5.74, 6) is -0.419. The molecule has 13 nitrogen and oxygen atoms in total. The van der Waals surface area contributed by atoms with Crippen molar-refractivity contribution in [1.29, 1.82) is 0 Å². The normalized spacial score (nSPS) is 17.2. The SMILES string of the molecule is CN1CCOCC1CNC(=O)c1cn(Cc2nnn(C[C@H](O)c3ccc(Cl)cc3)n2)c(=O)n(C)c1=O. The Hall–Kier alpha value is -3.39. The van der Waals surface area contributed by atoms with Gasteiger partial charge >= 0.3 is 5.69 Å². The molecular weight excluding hydrogens is 492 g/mol. The van der Waals surface area contributed by atoms with Gasteiger partial charge in [0.05, 0.1) is 32.3 Å². The lowest BCUT2D eigenvalue weighted by Crippen LogP contribution is -2.50. The fourth-order valence-electron chi connectivity index (χ4n) is 3.77. The molecule has 1 aliphatic rings. The predicted octanol–water partition coefficient (Wildman–Crippen LogP) is -0.971. The standard InChI is InChI=1S/C22H27ClN8O5/c1-28-7-8-36-13-16(28)9-24-20(33)17-10-30(22(35)29(2)21(17)34)12-19-25-27-31(26-19)11-18(32)14-3-5-15(23)6-4-14/h3-6,10,16,18,32H,7-9,11-13H2,1-2H3,(H,24,33)/t16?,18-/m0/s1. The molecule has 0 spiro atoms. The summed E-state index contributed by atoms with van der Waals surface area (Å²) in [6, 6.07) is 6.71. The van der Waals surface area contributed by atoms with Gasteiger partial charge in [0.2, 0.25) is 0 Å². The Bertz CT molecular complexity index is 1340. The largest absolute Gasteiger partial charge is 0.386 e. The van der Waals surface area contributed by atoms with Gasteiger partial charge in [-0.1, -0.05) is 23.7 Å². The van der Waals surface area contributed by atoms with E-state index in [1.54, 1.807) is 24.3 Å². The second-order valence-electron chi connectivity index (χ2n) is 8.56. The molecule has 1 aromatic carbocycles. The van der Waals surface area contributed by atoms with Gasteiger partial charge < -0.3 is 15.2 Å². The second-order valence-corrected chi connectivity index (χ2v) is 9.00. The number of carbonyl (C=O) groups excluding carboxylic acids is 1. The Morgan fingerprint density at radius 1 is 1.28 bits per heavy atom. The molecule has 2 aromatic heterocycles. The highest BCUT2D eigenvalue weighted by atomic mass is 35.5. The lowest BCUT2D eigenvalue weighted by atomic mass is 10.1. The minimum atomic E-state index is -0.895. The monoisotopic (exact) mass is 518 g/mol. The molecule has 0 bridgehead atoms. The highest BCUT2D eigenvalue weighted by molar-refractivity contribution is 6.30. The molecule has 0 radical (unpaired) electrons. The number of likely N-dealkylation sites (N-methyl/N-ethyl adjacent to an activating group) is 1. The number of aliphatic hydroxyl groups is 1. The molecule has 2 N–H and O–H groups in total. The van der Waals surface area contributed by atoms with E-state index in [1.807, 2.05) is 7.05 Å². The molecule has 3 aromatic rings. The van der Waals surface area contributed by atoms with Crippen LogP contribution in [-0.2, 0) is 24.9 Å². The second kappa shape index (κ2) is 11.1. The van der Waals surface area contributed by atoms with E-state index in [-0.39, 0.29) is 30.5 Å². The zero-order chi connectivity index (χ0) is 25.8. The summed E-state index contributed by atoms with van der Waals surface area (Å²) in [7, 11) is 3.24. The number of aromatic nitrogens is 6. The van der Waals surface area contributed by atoms with Gasteiger partial charge in [-0.3, -0.25) is 23.6 Å². The van der Waals surface area contributed by atoms with Crippen molar-refractivity contribution in [2.24, 2.45) is 7.05 Å². The van der Waals surface area contributed by atoms with E-state index >= 15 is 0 Å². The zero-order valence-corrected chi connectivity index (χ0v) is 20.6. The minimum Gasteiger partial charge on any atom is -0.386 e. The van der Waals surface area contributed by atoms with Crippen LogP contribution >= 0.6 is 11.6 Å². The number of tetrazole rings is 1. The van der Waals surface area contributed by atoms with Gasteiger partial charge in [0.1, 0.15) is 11.7 Å². The molecule has 1 fully saturated rings. The summed E-state index contributed by atoms with van der Waals surface area (Å²) >= 11 is 5.88. The average molecular weight is 519 g/mol. The number of nitrogens with one attached hydrogen (secondary N) is 1. The first-order valence-electron chi connectivity index (χ1n) is 11.3. The average Bonchev–Trinajstić information content (AvgIpc) is 3.30. The molecule has 0 aliphatic carbocycles. The van der Waals surface area contributed by atoms with Gasteiger partial charge in [-0.25, -0.2) is 4.79 Å². The Morgan fingerprint density at radius 3 is 2.75 bits per heavy atom. The van der Waals surface area contributed by atoms with E-state index < -0.39 is 23.3 Å². The maximum absolute atomic E-state index is 12.8. The lowest BCUT2D eigenvalue weighted by Gasteiger charge is -2.32. The number of ether oxygens (including phenoxy) is 1. The van der Waals surface area contributed by atoms with Crippen LogP contribution < -0.4 is 16.6 Å². The first kappa shape index (κ1) is 25.7. The quantitative estimate of drug-likeness (QED) is 0.384. The third-order valence-electron chi connectivity index (χ3n) is 6.01. The number of morpholine rings is 1. The van der Waals surface area contributed by atoms with E-state index in [4.69, 9.17) is 16.3 Å². The van der Waals surface area contributed by atoms with E-state index in [2.05, 4.69) is 25.6 Å². The lowest BCUT2D eigenvalue weighted by molar-refractivity contribution is 0.00667. The highest BCUT2D eigenvalue weighted by Crippen LogP contribution is 2.17. The topological polar surface area (TPSA) is 149 Å². The molecule has 2 atom stereocenters. The summed E-state index contributed by atoms with van der Waals surface area (Å²) in [5, 5.41) is 25.8. The fraction of sp³-hybridized carbons (Fsp3) is 0.455. The van der Waals surface area contributed by atoms with Gasteiger partial charge in [-0.05, 0) is 30.0 Å². The predicted molar refractivity (Wildman–Crippen MR) is 129 cm³/mol. The van der Waals surface area contributed by atoms with Crippen LogP contribution in [0.15, 0.2) is 40.1 Å². The summed E-state index contributed by atoms with van der Waals surface area (Å²) in [4.78, 5) is 41.3. The molecule has 3 heterocycles. The van der Waals surface area contributed by atoms with Gasteiger partial charge in [-0.15, -0.1) is 10.2 Å². The number of nitrogens with zero attached hydrogens (tertiary/aromatic N) is 7. The van der Waals surface area contributed by atoms with Crippen LogP contribution in [0, 0.1) is 0 Å². The number of carbonyl (C=O) groups is 1. The van der Waals surface area contributed by atoms with Crippen molar-refractivity contribution in [2.45, 2.75) is 25.2 Å². The van der Waals surface area contributed by atoms with Gasteiger partial charge in [0.15, 0.2) is 5.82 Å². The number of hydrogen-bond donors (Lipinski definition) is 2. The Kier molecular flexibility index (Phi) is 7.94. The van der Waals surface area contributed by atoms with E-state index in [9.17, 15) is 19.5 Å². The number of aliphatic hydroxyl groups excluding tert-OH is 1. The number of halogens is 1. The van der Waals surface area contributed by atoms with Crippen molar-refractivity contribution in [3.63, 3.8) is 0 Å². The molecule has 1 saturated heterocycles. The molecule has 192 valence electrons. The van der Waals surface area contributed by atoms with Crippen LogP contribution in [-0.4, -0.2) is 84.6 Å². The number of hydrogen-bond acceptors (Lipinski definition) is 9. The summed E-state index contributed by atoms with van der Waals surface area (Å²) in [5.41, 5.74) is -0.879. The van der Waals surface area contributed by atoms with Crippen LogP contribution in [0.3, 0.4) is 0 Å². The van der Waals surface area contributed by atoms with Crippen LogP contribution in [0.1, 0.15) is 27.8 Å². The number of amides is 1. The highest BCUT2D eigenvalue weighted by Gasteiger charge is 2.22. The first-order valence-corrected chi connectivity index (χ1v) is 11.7. The van der Waals surface area contributed by atoms with Gasteiger partial charge in [0.25, 0.3) is 11.5 Å². The van der Waals surface area contributed by atoms with Crippen molar-refractivity contribution in [3.8, 4) is 0 Å². The smallest absolute Gasteiger partial charge is 0.331 e. The minimum absolute atomic E-state index is 0.0140. The molecule has 1 amide bonds. The molecule has 1 aliphatic heterocycles. The van der Waals surface area contributed by atoms with Crippen LogP contribution in [0.25, 0.3) is 0 Å². The summed E-state index contributed by atoms with van der Waals surface area (Å²) < 4.78 is 7.47. The fourth-order valence-corrected chi connectivity index (χ4v) is 3.89. The third-order valence-corrected chi connectivity index (χ3v) is 6.27.